The molecule has 3 heterocycles. The number of rotatable bonds is 4. The molecule has 0 spiro atoms. The maximum Gasteiger partial charge on any atom is 0.416 e. The minimum atomic E-state index is -4.39. The number of aromatic nitrogens is 3. The van der Waals surface area contributed by atoms with Crippen molar-refractivity contribution in [3.63, 3.8) is 0 Å². The van der Waals surface area contributed by atoms with Crippen molar-refractivity contribution in [2.45, 2.75) is 25.7 Å². The number of nitrogens with zero attached hydrogens (tertiary/aromatic N) is 3. The molecule has 1 aliphatic heterocycles. The molecule has 0 N–H and O–H groups in total. The quantitative estimate of drug-likeness (QED) is 0.413. The Kier molecular flexibility index (Phi) is 5.03. The topological polar surface area (TPSA) is 48.7 Å². The maximum absolute atomic E-state index is 12.9. The second-order valence-corrected chi connectivity index (χ2v) is 7.38. The van der Waals surface area contributed by atoms with Gasteiger partial charge in [0, 0.05) is 17.3 Å². The molecule has 2 aromatic carbocycles. The summed E-state index contributed by atoms with van der Waals surface area (Å²) < 4.78 is 51.9. The zero-order chi connectivity index (χ0) is 22.3. The summed E-state index contributed by atoms with van der Waals surface area (Å²) in [4.78, 5) is 4.43. The van der Waals surface area contributed by atoms with Gasteiger partial charge in [0.15, 0.2) is 18.2 Å². The molecule has 0 amide bonds. The van der Waals surface area contributed by atoms with E-state index in [9.17, 15) is 13.2 Å². The third-order valence-electron chi connectivity index (χ3n) is 5.23. The van der Waals surface area contributed by atoms with Crippen molar-refractivity contribution in [3.05, 3.63) is 89.9 Å². The summed E-state index contributed by atoms with van der Waals surface area (Å²) in [6.45, 7) is 1.81. The molecular formula is C24H18F3N3O2. The monoisotopic (exact) mass is 437 g/mol. The summed E-state index contributed by atoms with van der Waals surface area (Å²) >= 11 is 0. The average Bonchev–Trinajstić information content (AvgIpc) is 3.20. The number of hydrogen-bond acceptors (Lipinski definition) is 4. The second kappa shape index (κ2) is 7.89. The van der Waals surface area contributed by atoms with E-state index in [4.69, 9.17) is 9.47 Å². The lowest BCUT2D eigenvalue weighted by molar-refractivity contribution is -0.349. The van der Waals surface area contributed by atoms with Gasteiger partial charge < -0.3 is 9.47 Å². The zero-order valence-corrected chi connectivity index (χ0v) is 17.0. The van der Waals surface area contributed by atoms with E-state index in [1.165, 1.54) is 12.1 Å². The van der Waals surface area contributed by atoms with Crippen LogP contribution in [0.2, 0.25) is 0 Å². The number of ether oxygens (including phenoxy) is 2. The lowest BCUT2D eigenvalue weighted by Crippen LogP contribution is -2.39. The van der Waals surface area contributed by atoms with Gasteiger partial charge in [0.1, 0.15) is 0 Å². The molecule has 1 aliphatic rings. The minimum Gasteiger partial charge on any atom is -0.319 e. The van der Waals surface area contributed by atoms with Crippen LogP contribution in [0.25, 0.3) is 28.4 Å². The maximum atomic E-state index is 12.9. The van der Waals surface area contributed by atoms with Gasteiger partial charge in [0.25, 0.3) is 0 Å². The van der Waals surface area contributed by atoms with Crippen molar-refractivity contribution in [1.82, 2.24) is 14.6 Å². The second-order valence-electron chi connectivity index (χ2n) is 7.38. The number of hydrogen-bond donors (Lipinski definition) is 0. The van der Waals surface area contributed by atoms with Crippen molar-refractivity contribution in [1.29, 1.82) is 0 Å². The molecular weight excluding hydrogens is 419 g/mol. The molecule has 5 nitrogen and oxygen atoms in total. The molecule has 0 saturated carbocycles. The fourth-order valence-electron chi connectivity index (χ4n) is 3.65. The van der Waals surface area contributed by atoms with Gasteiger partial charge in [0.05, 0.1) is 17.5 Å². The Morgan fingerprint density at radius 2 is 1.72 bits per heavy atom. The molecule has 0 bridgehead atoms. The molecule has 4 aromatic rings. The third kappa shape index (κ3) is 3.79. The van der Waals surface area contributed by atoms with Crippen LogP contribution in [0.15, 0.2) is 73.1 Å². The van der Waals surface area contributed by atoms with E-state index in [-0.39, 0.29) is 6.29 Å². The van der Waals surface area contributed by atoms with Crippen molar-refractivity contribution in [2.24, 2.45) is 0 Å². The predicted molar refractivity (Wildman–Crippen MR) is 113 cm³/mol. The van der Waals surface area contributed by atoms with Crippen LogP contribution in [-0.2, 0) is 15.7 Å². The van der Waals surface area contributed by atoms with E-state index in [0.717, 1.165) is 23.3 Å². The van der Waals surface area contributed by atoms with E-state index in [0.29, 0.717) is 22.5 Å². The standard InChI is InChI=1S/C24H18F3N3O2/c1-15-31-23(32-15)19(13-16-5-3-2-4-6-16)21-11-12-28-22-20(14-29-30(21)22)17-7-9-18(10-8-17)24(25,26)27/h2-15,23H,1H3. The molecule has 0 aliphatic carbocycles. The summed E-state index contributed by atoms with van der Waals surface area (Å²) in [5.74, 6) is 0. The zero-order valence-electron chi connectivity index (χ0n) is 17.0. The molecule has 1 saturated heterocycles. The molecule has 8 heteroatoms. The largest absolute Gasteiger partial charge is 0.416 e. The van der Waals surface area contributed by atoms with Gasteiger partial charge in [-0.3, -0.25) is 0 Å². The number of fused-ring (bicyclic) bond motifs is 1. The molecule has 0 unspecified atom stereocenters. The van der Waals surface area contributed by atoms with Gasteiger partial charge in [-0.15, -0.1) is 0 Å². The van der Waals surface area contributed by atoms with Crippen molar-refractivity contribution in [2.75, 3.05) is 0 Å². The van der Waals surface area contributed by atoms with Crippen LogP contribution in [0.4, 0.5) is 13.2 Å². The highest BCUT2D eigenvalue weighted by molar-refractivity contribution is 5.84. The third-order valence-corrected chi connectivity index (χ3v) is 5.23. The molecule has 2 aromatic heterocycles. The van der Waals surface area contributed by atoms with E-state index >= 15 is 0 Å². The van der Waals surface area contributed by atoms with Crippen LogP contribution in [0.1, 0.15) is 23.7 Å². The Bertz CT molecular complexity index is 1280. The summed E-state index contributed by atoms with van der Waals surface area (Å²) in [7, 11) is 0. The highest BCUT2D eigenvalue weighted by Crippen LogP contribution is 2.34. The first-order valence-electron chi connectivity index (χ1n) is 9.98. The molecule has 162 valence electrons. The fraction of sp³-hybridized carbons (Fsp3) is 0.167. The Hall–Kier alpha value is -3.49. The van der Waals surface area contributed by atoms with Crippen LogP contribution < -0.4 is 0 Å². The van der Waals surface area contributed by atoms with Crippen molar-refractivity contribution >= 4 is 17.3 Å². The van der Waals surface area contributed by atoms with Gasteiger partial charge >= 0.3 is 6.18 Å². The Labute approximate surface area is 181 Å². The summed E-state index contributed by atoms with van der Waals surface area (Å²) in [5.41, 5.74) is 3.49. The number of halogens is 3. The van der Waals surface area contributed by atoms with Crippen LogP contribution in [0.5, 0.6) is 0 Å². The van der Waals surface area contributed by atoms with Gasteiger partial charge in [0.2, 0.25) is 0 Å². The van der Waals surface area contributed by atoms with Crippen LogP contribution in [0, 0.1) is 0 Å². The first kappa shape index (κ1) is 20.4. The van der Waals surface area contributed by atoms with Gasteiger partial charge in [-0.2, -0.15) is 18.3 Å². The molecule has 5 rings (SSSR count). The first-order chi connectivity index (χ1) is 15.4. The Balaban J connectivity index is 1.59. The highest BCUT2D eigenvalue weighted by Gasteiger charge is 2.33. The summed E-state index contributed by atoms with van der Waals surface area (Å²) in [6, 6.07) is 16.5. The van der Waals surface area contributed by atoms with Crippen LogP contribution in [0.3, 0.4) is 0 Å². The first-order valence-corrected chi connectivity index (χ1v) is 9.98. The normalized spacial score (nSPS) is 19.2. The van der Waals surface area contributed by atoms with E-state index in [2.05, 4.69) is 10.1 Å². The number of alkyl halides is 3. The molecule has 32 heavy (non-hydrogen) atoms. The SMILES string of the molecule is CC1OC(C(=Cc2ccccc2)c2ccnc3c(-c4ccc(C(F)(F)F)cc4)cnn23)O1. The van der Waals surface area contributed by atoms with Crippen molar-refractivity contribution < 1.29 is 22.6 Å². The Morgan fingerprint density at radius 1 is 1.00 bits per heavy atom. The number of benzene rings is 2. The van der Waals surface area contributed by atoms with E-state index in [1.807, 2.05) is 43.3 Å². The summed E-state index contributed by atoms with van der Waals surface area (Å²) in [6.07, 6.45) is -0.0562. The van der Waals surface area contributed by atoms with Crippen LogP contribution >= 0.6 is 0 Å². The van der Waals surface area contributed by atoms with Gasteiger partial charge in [-0.1, -0.05) is 42.5 Å². The highest BCUT2D eigenvalue weighted by atomic mass is 19.4. The van der Waals surface area contributed by atoms with Crippen LogP contribution in [-0.4, -0.2) is 27.2 Å². The van der Waals surface area contributed by atoms with Gasteiger partial charge in [-0.25, -0.2) is 9.50 Å². The molecule has 0 atom stereocenters. The van der Waals surface area contributed by atoms with E-state index in [1.54, 1.807) is 23.0 Å². The minimum absolute atomic E-state index is 0.308. The van der Waals surface area contributed by atoms with Crippen molar-refractivity contribution in [3.8, 4) is 11.1 Å². The predicted octanol–water partition coefficient (Wildman–Crippen LogP) is 5.67. The smallest absolute Gasteiger partial charge is 0.319 e. The lowest BCUT2D eigenvalue weighted by atomic mass is 10.1. The fourth-order valence-corrected chi connectivity index (χ4v) is 3.65. The van der Waals surface area contributed by atoms with Gasteiger partial charge in [-0.05, 0) is 42.3 Å². The van der Waals surface area contributed by atoms with E-state index < -0.39 is 18.0 Å². The average molecular weight is 437 g/mol. The molecule has 1 fully saturated rings. The Morgan fingerprint density at radius 3 is 2.38 bits per heavy atom. The molecule has 0 radical (unpaired) electrons. The lowest BCUT2D eigenvalue weighted by Gasteiger charge is -2.35. The summed E-state index contributed by atoms with van der Waals surface area (Å²) in [5, 5.41) is 4.47.